The van der Waals surface area contributed by atoms with E-state index in [4.69, 9.17) is 4.74 Å². The highest BCUT2D eigenvalue weighted by Crippen LogP contribution is 2.33. The van der Waals surface area contributed by atoms with Crippen molar-refractivity contribution in [2.75, 3.05) is 31.6 Å². The van der Waals surface area contributed by atoms with E-state index >= 15 is 0 Å². The minimum atomic E-state index is -0.251. The molecule has 2 heterocycles. The van der Waals surface area contributed by atoms with Crippen LogP contribution in [0.25, 0.3) is 0 Å². The summed E-state index contributed by atoms with van der Waals surface area (Å²) in [6.07, 6.45) is 0.256. The van der Waals surface area contributed by atoms with Crippen LogP contribution < -0.4 is 5.32 Å². The Bertz CT molecular complexity index is 520. The summed E-state index contributed by atoms with van der Waals surface area (Å²) in [5, 5.41) is 12.6. The first-order valence-electron chi connectivity index (χ1n) is 7.53. The van der Waals surface area contributed by atoms with Crippen LogP contribution in [0.2, 0.25) is 0 Å². The molecule has 2 aliphatic rings. The van der Waals surface area contributed by atoms with E-state index in [0.29, 0.717) is 19.6 Å². The SMILES string of the molecule is CC1COC(CO)CN1C(=O)CC1CNc2ccccc21. The van der Waals surface area contributed by atoms with Crippen LogP contribution in [0.15, 0.2) is 24.3 Å². The molecule has 1 amide bonds. The molecule has 2 aliphatic heterocycles. The number of anilines is 1. The van der Waals surface area contributed by atoms with E-state index in [2.05, 4.69) is 17.4 Å². The van der Waals surface area contributed by atoms with Gasteiger partial charge in [-0.05, 0) is 18.6 Å². The highest BCUT2D eigenvalue weighted by Gasteiger charge is 2.32. The third kappa shape index (κ3) is 2.89. The molecule has 114 valence electrons. The third-order valence-electron chi connectivity index (χ3n) is 4.39. The summed E-state index contributed by atoms with van der Waals surface area (Å²) in [6.45, 7) is 3.75. The summed E-state index contributed by atoms with van der Waals surface area (Å²) in [5.74, 6) is 0.379. The Hall–Kier alpha value is -1.59. The molecule has 0 aromatic heterocycles. The average Bonchev–Trinajstić information content (AvgIpc) is 2.91. The maximum absolute atomic E-state index is 12.6. The summed E-state index contributed by atoms with van der Waals surface area (Å²) < 4.78 is 5.49. The van der Waals surface area contributed by atoms with Gasteiger partial charge < -0.3 is 20.1 Å². The van der Waals surface area contributed by atoms with Crippen molar-refractivity contribution in [2.45, 2.75) is 31.4 Å². The molecule has 5 heteroatoms. The lowest BCUT2D eigenvalue weighted by Crippen LogP contribution is -2.52. The molecule has 0 aliphatic carbocycles. The van der Waals surface area contributed by atoms with E-state index in [9.17, 15) is 9.90 Å². The summed E-state index contributed by atoms with van der Waals surface area (Å²) in [5.41, 5.74) is 2.36. The van der Waals surface area contributed by atoms with Crippen LogP contribution in [0, 0.1) is 0 Å². The molecule has 1 saturated heterocycles. The van der Waals surface area contributed by atoms with Crippen LogP contribution in [0.1, 0.15) is 24.8 Å². The topological polar surface area (TPSA) is 61.8 Å². The molecule has 0 radical (unpaired) electrons. The van der Waals surface area contributed by atoms with Crippen molar-refractivity contribution in [2.24, 2.45) is 0 Å². The largest absolute Gasteiger partial charge is 0.394 e. The summed E-state index contributed by atoms with van der Waals surface area (Å²) in [4.78, 5) is 14.4. The fourth-order valence-electron chi connectivity index (χ4n) is 3.14. The van der Waals surface area contributed by atoms with Gasteiger partial charge in [0.1, 0.15) is 0 Å². The zero-order chi connectivity index (χ0) is 14.8. The Balaban J connectivity index is 1.66. The monoisotopic (exact) mass is 290 g/mol. The summed E-state index contributed by atoms with van der Waals surface area (Å²) in [6, 6.07) is 8.24. The minimum Gasteiger partial charge on any atom is -0.394 e. The molecule has 5 nitrogen and oxygen atoms in total. The van der Waals surface area contributed by atoms with Gasteiger partial charge in [0.15, 0.2) is 0 Å². The van der Waals surface area contributed by atoms with E-state index in [1.54, 1.807) is 0 Å². The standard InChI is InChI=1S/C16H22N2O3/c1-11-10-21-13(9-19)8-18(11)16(20)6-12-7-17-15-5-3-2-4-14(12)15/h2-5,11-13,17,19H,6-10H2,1H3. The van der Waals surface area contributed by atoms with Gasteiger partial charge in [0.25, 0.3) is 0 Å². The van der Waals surface area contributed by atoms with Gasteiger partial charge in [-0.1, -0.05) is 18.2 Å². The number of aliphatic hydroxyl groups excluding tert-OH is 1. The number of hydrogen-bond donors (Lipinski definition) is 2. The van der Waals surface area contributed by atoms with Crippen molar-refractivity contribution in [1.29, 1.82) is 0 Å². The van der Waals surface area contributed by atoms with Crippen LogP contribution in [-0.4, -0.2) is 54.4 Å². The van der Waals surface area contributed by atoms with E-state index in [1.807, 2.05) is 24.0 Å². The third-order valence-corrected chi connectivity index (χ3v) is 4.39. The number of rotatable bonds is 3. The Morgan fingerprint density at radius 3 is 3.10 bits per heavy atom. The van der Waals surface area contributed by atoms with Gasteiger partial charge in [-0.15, -0.1) is 0 Å². The first-order chi connectivity index (χ1) is 10.2. The average molecular weight is 290 g/mol. The smallest absolute Gasteiger partial charge is 0.223 e. The van der Waals surface area contributed by atoms with Crippen molar-refractivity contribution >= 4 is 11.6 Å². The second kappa shape index (κ2) is 6.03. The van der Waals surface area contributed by atoms with E-state index in [-0.39, 0.29) is 30.6 Å². The molecular formula is C16H22N2O3. The van der Waals surface area contributed by atoms with Crippen LogP contribution in [0.3, 0.4) is 0 Å². The Labute approximate surface area is 124 Å². The molecule has 0 spiro atoms. The van der Waals surface area contributed by atoms with Crippen LogP contribution >= 0.6 is 0 Å². The van der Waals surface area contributed by atoms with Crippen molar-refractivity contribution in [3.05, 3.63) is 29.8 Å². The first-order valence-corrected chi connectivity index (χ1v) is 7.53. The summed E-state index contributed by atoms with van der Waals surface area (Å²) in [7, 11) is 0. The number of ether oxygens (including phenoxy) is 1. The van der Waals surface area contributed by atoms with Crippen LogP contribution in [-0.2, 0) is 9.53 Å². The quantitative estimate of drug-likeness (QED) is 0.878. The molecule has 3 rings (SSSR count). The number of morpholine rings is 1. The lowest BCUT2D eigenvalue weighted by atomic mass is 9.97. The predicted octanol–water partition coefficient (Wildman–Crippen LogP) is 1.19. The number of carbonyl (C=O) groups is 1. The number of carbonyl (C=O) groups excluding carboxylic acids is 1. The lowest BCUT2D eigenvalue weighted by molar-refractivity contribution is -0.146. The van der Waals surface area contributed by atoms with Gasteiger partial charge in [-0.3, -0.25) is 4.79 Å². The highest BCUT2D eigenvalue weighted by molar-refractivity contribution is 5.78. The summed E-state index contributed by atoms with van der Waals surface area (Å²) >= 11 is 0. The van der Waals surface area contributed by atoms with Crippen molar-refractivity contribution < 1.29 is 14.6 Å². The molecule has 1 fully saturated rings. The van der Waals surface area contributed by atoms with Gasteiger partial charge in [0.2, 0.25) is 5.91 Å². The number of hydrogen-bond acceptors (Lipinski definition) is 4. The fourth-order valence-corrected chi connectivity index (χ4v) is 3.14. The molecule has 0 bridgehead atoms. The highest BCUT2D eigenvalue weighted by atomic mass is 16.5. The number of aliphatic hydroxyl groups is 1. The zero-order valence-electron chi connectivity index (χ0n) is 12.3. The number of fused-ring (bicyclic) bond motifs is 1. The molecule has 3 unspecified atom stereocenters. The van der Waals surface area contributed by atoms with Crippen molar-refractivity contribution in [1.82, 2.24) is 4.90 Å². The number of nitrogens with one attached hydrogen (secondary N) is 1. The van der Waals surface area contributed by atoms with Crippen LogP contribution in [0.4, 0.5) is 5.69 Å². The van der Waals surface area contributed by atoms with Crippen LogP contribution in [0.5, 0.6) is 0 Å². The van der Waals surface area contributed by atoms with E-state index < -0.39 is 0 Å². The molecule has 1 aromatic carbocycles. The lowest BCUT2D eigenvalue weighted by Gasteiger charge is -2.38. The molecule has 3 atom stereocenters. The van der Waals surface area contributed by atoms with E-state index in [1.165, 1.54) is 5.56 Å². The Morgan fingerprint density at radius 1 is 1.48 bits per heavy atom. The molecular weight excluding hydrogens is 268 g/mol. The number of benzene rings is 1. The number of nitrogens with zero attached hydrogens (tertiary/aromatic N) is 1. The second-order valence-corrected chi connectivity index (χ2v) is 5.90. The van der Waals surface area contributed by atoms with Gasteiger partial charge in [-0.2, -0.15) is 0 Å². The van der Waals surface area contributed by atoms with Gasteiger partial charge in [0.05, 0.1) is 25.4 Å². The zero-order valence-corrected chi connectivity index (χ0v) is 12.3. The molecule has 21 heavy (non-hydrogen) atoms. The Kier molecular flexibility index (Phi) is 4.12. The van der Waals surface area contributed by atoms with E-state index in [0.717, 1.165) is 12.2 Å². The number of amides is 1. The maximum Gasteiger partial charge on any atom is 0.223 e. The van der Waals surface area contributed by atoms with Crippen molar-refractivity contribution in [3.8, 4) is 0 Å². The maximum atomic E-state index is 12.6. The number of para-hydroxylation sites is 1. The first kappa shape index (κ1) is 14.4. The van der Waals surface area contributed by atoms with Crippen molar-refractivity contribution in [3.63, 3.8) is 0 Å². The minimum absolute atomic E-state index is 0.0374. The van der Waals surface area contributed by atoms with Gasteiger partial charge >= 0.3 is 0 Å². The fraction of sp³-hybridized carbons (Fsp3) is 0.562. The van der Waals surface area contributed by atoms with Gasteiger partial charge in [0, 0.05) is 31.1 Å². The molecule has 0 saturated carbocycles. The predicted molar refractivity (Wildman–Crippen MR) is 80.3 cm³/mol. The second-order valence-electron chi connectivity index (χ2n) is 5.90. The molecule has 2 N–H and O–H groups in total. The molecule has 1 aromatic rings. The normalized spacial score (nSPS) is 28.1. The Morgan fingerprint density at radius 2 is 2.29 bits per heavy atom. The van der Waals surface area contributed by atoms with Gasteiger partial charge in [-0.25, -0.2) is 0 Å².